The maximum atomic E-state index is 12.8. The molecule has 1 aromatic carbocycles. The highest BCUT2D eigenvalue weighted by molar-refractivity contribution is 5.95. The van der Waals surface area contributed by atoms with Gasteiger partial charge >= 0.3 is 6.16 Å². The van der Waals surface area contributed by atoms with E-state index >= 15 is 0 Å². The van der Waals surface area contributed by atoms with Gasteiger partial charge in [0, 0.05) is 49.7 Å². The highest BCUT2D eigenvalue weighted by Gasteiger charge is 2.23. The van der Waals surface area contributed by atoms with Gasteiger partial charge in [0.1, 0.15) is 5.75 Å². The van der Waals surface area contributed by atoms with E-state index in [-0.39, 0.29) is 18.4 Å². The lowest BCUT2D eigenvalue weighted by atomic mass is 10.2. The van der Waals surface area contributed by atoms with E-state index in [0.717, 1.165) is 0 Å². The van der Waals surface area contributed by atoms with Crippen LogP contribution < -0.4 is 4.74 Å². The number of aromatic nitrogens is 1. The average molecular weight is 397 g/mol. The van der Waals surface area contributed by atoms with Crippen LogP contribution in [0.3, 0.4) is 0 Å². The molecular weight excluding hydrogens is 374 g/mol. The second kappa shape index (κ2) is 9.68. The van der Waals surface area contributed by atoms with Gasteiger partial charge in [-0.25, -0.2) is 4.79 Å². The minimum absolute atomic E-state index is 0.0535. The summed E-state index contributed by atoms with van der Waals surface area (Å²) in [5.74, 6) is 0.137. The van der Waals surface area contributed by atoms with Gasteiger partial charge in [-0.05, 0) is 49.7 Å². The minimum atomic E-state index is -0.780. The van der Waals surface area contributed by atoms with Crippen molar-refractivity contribution in [1.29, 1.82) is 0 Å². The summed E-state index contributed by atoms with van der Waals surface area (Å²) in [7, 11) is 0. The Morgan fingerprint density at radius 1 is 0.862 bits per heavy atom. The van der Waals surface area contributed by atoms with E-state index in [1.807, 2.05) is 0 Å². The summed E-state index contributed by atoms with van der Waals surface area (Å²) >= 11 is 0. The van der Waals surface area contributed by atoms with Crippen molar-refractivity contribution in [2.75, 3.05) is 32.8 Å². The van der Waals surface area contributed by atoms with Gasteiger partial charge < -0.3 is 19.3 Å². The molecular formula is C21H23N3O5. The first kappa shape index (κ1) is 20.3. The molecule has 0 saturated carbocycles. The lowest BCUT2D eigenvalue weighted by Gasteiger charge is -2.22. The summed E-state index contributed by atoms with van der Waals surface area (Å²) in [6.07, 6.45) is 3.11. The Bertz CT molecular complexity index is 854. The number of nitrogens with zero attached hydrogens (tertiary/aromatic N) is 3. The van der Waals surface area contributed by atoms with Crippen molar-refractivity contribution in [1.82, 2.24) is 14.8 Å². The number of hydrogen-bond donors (Lipinski definition) is 0. The molecule has 2 heterocycles. The van der Waals surface area contributed by atoms with E-state index in [9.17, 15) is 14.4 Å². The summed E-state index contributed by atoms with van der Waals surface area (Å²) in [5.41, 5.74) is 1.09. The summed E-state index contributed by atoms with van der Waals surface area (Å²) < 4.78 is 9.72. The van der Waals surface area contributed by atoms with Crippen molar-refractivity contribution >= 4 is 18.0 Å². The number of benzene rings is 1. The molecule has 1 fully saturated rings. The normalized spacial score (nSPS) is 14.1. The number of amides is 2. The molecule has 0 unspecified atom stereocenters. The number of hydrogen-bond acceptors (Lipinski definition) is 6. The monoisotopic (exact) mass is 397 g/mol. The Kier molecular flexibility index (Phi) is 6.78. The van der Waals surface area contributed by atoms with Crippen LogP contribution in [-0.4, -0.2) is 65.5 Å². The first-order valence-electron chi connectivity index (χ1n) is 9.51. The fourth-order valence-corrected chi connectivity index (χ4v) is 3.09. The third kappa shape index (κ3) is 5.31. The van der Waals surface area contributed by atoms with Crippen LogP contribution in [0.4, 0.5) is 4.79 Å². The molecule has 0 bridgehead atoms. The molecule has 2 amide bonds. The Hall–Kier alpha value is -3.42. The van der Waals surface area contributed by atoms with Gasteiger partial charge in [-0.1, -0.05) is 0 Å². The summed E-state index contributed by atoms with van der Waals surface area (Å²) in [6.45, 7) is 4.01. The Morgan fingerprint density at radius 2 is 1.41 bits per heavy atom. The number of rotatable bonds is 4. The third-order valence-corrected chi connectivity index (χ3v) is 4.56. The van der Waals surface area contributed by atoms with Crippen LogP contribution in [0.15, 0.2) is 48.8 Å². The molecule has 0 radical (unpaired) electrons. The van der Waals surface area contributed by atoms with E-state index in [1.165, 1.54) is 0 Å². The predicted molar refractivity (Wildman–Crippen MR) is 105 cm³/mol. The van der Waals surface area contributed by atoms with Crippen molar-refractivity contribution in [3.8, 4) is 5.75 Å². The lowest BCUT2D eigenvalue weighted by Crippen LogP contribution is -2.37. The zero-order valence-corrected chi connectivity index (χ0v) is 16.2. The smallest absolute Gasteiger partial charge is 0.434 e. The van der Waals surface area contributed by atoms with Crippen LogP contribution in [0, 0.1) is 0 Å². The van der Waals surface area contributed by atoms with Crippen LogP contribution in [0.2, 0.25) is 0 Å². The summed E-state index contributed by atoms with van der Waals surface area (Å²) in [5, 5.41) is 0. The zero-order valence-electron chi connectivity index (χ0n) is 16.2. The molecule has 8 nitrogen and oxygen atoms in total. The highest BCUT2D eigenvalue weighted by atomic mass is 16.7. The van der Waals surface area contributed by atoms with E-state index in [2.05, 4.69) is 4.98 Å². The van der Waals surface area contributed by atoms with E-state index in [0.29, 0.717) is 49.5 Å². The average Bonchev–Trinajstić information content (AvgIpc) is 3.00. The zero-order chi connectivity index (χ0) is 20.6. The fourth-order valence-electron chi connectivity index (χ4n) is 3.09. The van der Waals surface area contributed by atoms with Crippen molar-refractivity contribution in [3.05, 3.63) is 59.9 Å². The molecule has 2 aromatic rings. The van der Waals surface area contributed by atoms with Crippen LogP contribution in [-0.2, 0) is 4.74 Å². The maximum Gasteiger partial charge on any atom is 0.513 e. The van der Waals surface area contributed by atoms with Gasteiger partial charge in [-0.3, -0.25) is 14.6 Å². The van der Waals surface area contributed by atoms with Gasteiger partial charge in [0.15, 0.2) is 0 Å². The van der Waals surface area contributed by atoms with Gasteiger partial charge in [-0.2, -0.15) is 0 Å². The van der Waals surface area contributed by atoms with Crippen LogP contribution in [0.1, 0.15) is 34.1 Å². The standard InChI is InChI=1S/C21H23N3O5/c1-2-28-21(27)29-18-6-4-16(5-7-18)19(25)23-12-3-13-24(15-14-23)20(26)17-8-10-22-11-9-17/h4-11H,2-3,12-15H2,1H3. The third-order valence-electron chi connectivity index (χ3n) is 4.56. The van der Waals surface area contributed by atoms with E-state index in [4.69, 9.17) is 9.47 Å². The number of pyridine rings is 1. The second-order valence-electron chi connectivity index (χ2n) is 6.48. The van der Waals surface area contributed by atoms with E-state index in [1.54, 1.807) is 65.5 Å². The lowest BCUT2D eigenvalue weighted by molar-refractivity contribution is 0.0718. The van der Waals surface area contributed by atoms with Crippen LogP contribution in [0.5, 0.6) is 5.75 Å². The molecule has 1 aromatic heterocycles. The van der Waals surface area contributed by atoms with Crippen molar-refractivity contribution in [2.24, 2.45) is 0 Å². The van der Waals surface area contributed by atoms with E-state index < -0.39 is 6.16 Å². The molecule has 8 heteroatoms. The molecule has 152 valence electrons. The maximum absolute atomic E-state index is 12.8. The van der Waals surface area contributed by atoms with Crippen molar-refractivity contribution < 1.29 is 23.9 Å². The van der Waals surface area contributed by atoms with Gasteiger partial charge in [0.25, 0.3) is 11.8 Å². The molecule has 0 atom stereocenters. The highest BCUT2D eigenvalue weighted by Crippen LogP contribution is 2.16. The molecule has 1 aliphatic rings. The van der Waals surface area contributed by atoms with Crippen molar-refractivity contribution in [2.45, 2.75) is 13.3 Å². The number of carbonyl (C=O) groups excluding carboxylic acids is 3. The molecule has 1 saturated heterocycles. The molecule has 29 heavy (non-hydrogen) atoms. The topological polar surface area (TPSA) is 89.0 Å². The van der Waals surface area contributed by atoms with Gasteiger partial charge in [-0.15, -0.1) is 0 Å². The molecule has 1 aliphatic heterocycles. The van der Waals surface area contributed by atoms with Gasteiger partial charge in [0.2, 0.25) is 0 Å². The quantitative estimate of drug-likeness (QED) is 0.582. The second-order valence-corrected chi connectivity index (χ2v) is 6.48. The molecule has 0 N–H and O–H groups in total. The van der Waals surface area contributed by atoms with Crippen LogP contribution >= 0.6 is 0 Å². The summed E-state index contributed by atoms with van der Waals surface area (Å²) in [4.78, 5) is 44.2. The number of carbonyl (C=O) groups is 3. The summed E-state index contributed by atoms with van der Waals surface area (Å²) in [6, 6.07) is 9.72. The Labute approximate surface area is 169 Å². The van der Waals surface area contributed by atoms with Crippen molar-refractivity contribution in [3.63, 3.8) is 0 Å². The van der Waals surface area contributed by atoms with Crippen LogP contribution in [0.25, 0.3) is 0 Å². The number of ether oxygens (including phenoxy) is 2. The SMILES string of the molecule is CCOC(=O)Oc1ccc(C(=O)N2CCCN(C(=O)c3ccncc3)CC2)cc1. The van der Waals surface area contributed by atoms with Gasteiger partial charge in [0.05, 0.1) is 6.61 Å². The Morgan fingerprint density at radius 3 is 1.97 bits per heavy atom. The molecule has 3 rings (SSSR count). The largest absolute Gasteiger partial charge is 0.513 e. The predicted octanol–water partition coefficient (Wildman–Crippen LogP) is 2.61. The fraction of sp³-hybridized carbons (Fsp3) is 0.333. The first-order valence-corrected chi connectivity index (χ1v) is 9.51. The Balaban J connectivity index is 1.59. The molecule has 0 aliphatic carbocycles. The molecule has 0 spiro atoms. The minimum Gasteiger partial charge on any atom is -0.434 e. The first-order chi connectivity index (χ1) is 14.1.